The summed E-state index contributed by atoms with van der Waals surface area (Å²) in [6.45, 7) is 5.56. The van der Waals surface area contributed by atoms with Gasteiger partial charge in [-0.25, -0.2) is 4.39 Å². The van der Waals surface area contributed by atoms with Crippen LogP contribution in [0.1, 0.15) is 27.2 Å². The van der Waals surface area contributed by atoms with Gasteiger partial charge in [-0.2, -0.15) is 0 Å². The van der Waals surface area contributed by atoms with Gasteiger partial charge in [0.2, 0.25) is 0 Å². The van der Waals surface area contributed by atoms with Crippen LogP contribution in [0.5, 0.6) is 0 Å². The molecule has 1 saturated carbocycles. The SMILES string of the molecule is CC(C)(C)C(C=O)C1CC1(F)C(N)=O. The summed E-state index contributed by atoms with van der Waals surface area (Å²) in [5.41, 5.74) is 2.66. The minimum atomic E-state index is -1.95. The molecule has 80 valence electrons. The molecule has 2 N–H and O–H groups in total. The zero-order chi connectivity index (χ0) is 11.1. The monoisotopic (exact) mass is 201 g/mol. The molecule has 0 radical (unpaired) electrons. The van der Waals surface area contributed by atoms with Crippen LogP contribution in [0, 0.1) is 17.3 Å². The second-order valence-corrected chi connectivity index (χ2v) is 5.07. The summed E-state index contributed by atoms with van der Waals surface area (Å²) in [4.78, 5) is 21.6. The summed E-state index contributed by atoms with van der Waals surface area (Å²) in [6, 6.07) is 0. The molecule has 0 aromatic rings. The van der Waals surface area contributed by atoms with Crippen molar-refractivity contribution in [3.8, 4) is 0 Å². The van der Waals surface area contributed by atoms with Crippen molar-refractivity contribution < 1.29 is 14.0 Å². The lowest BCUT2D eigenvalue weighted by atomic mass is 9.78. The molecule has 1 aliphatic carbocycles. The van der Waals surface area contributed by atoms with Crippen molar-refractivity contribution in [1.82, 2.24) is 0 Å². The van der Waals surface area contributed by atoms with Crippen LogP contribution in [0.15, 0.2) is 0 Å². The summed E-state index contributed by atoms with van der Waals surface area (Å²) >= 11 is 0. The first-order valence-electron chi connectivity index (χ1n) is 4.67. The van der Waals surface area contributed by atoms with Crippen LogP contribution in [-0.2, 0) is 9.59 Å². The number of nitrogens with two attached hydrogens (primary N) is 1. The first kappa shape index (κ1) is 11.1. The molecule has 1 fully saturated rings. The third-order valence-electron chi connectivity index (χ3n) is 2.93. The maximum Gasteiger partial charge on any atom is 0.255 e. The fourth-order valence-electron chi connectivity index (χ4n) is 1.86. The Bertz CT molecular complexity index is 272. The van der Waals surface area contributed by atoms with Crippen molar-refractivity contribution >= 4 is 12.2 Å². The number of aldehydes is 1. The molecule has 0 saturated heterocycles. The number of carbonyl (C=O) groups is 2. The topological polar surface area (TPSA) is 60.2 Å². The van der Waals surface area contributed by atoms with Gasteiger partial charge in [-0.3, -0.25) is 4.79 Å². The van der Waals surface area contributed by atoms with Gasteiger partial charge in [0.05, 0.1) is 0 Å². The van der Waals surface area contributed by atoms with Crippen molar-refractivity contribution in [3.05, 3.63) is 0 Å². The number of rotatable bonds is 3. The summed E-state index contributed by atoms with van der Waals surface area (Å²) < 4.78 is 13.6. The number of hydrogen-bond donors (Lipinski definition) is 1. The van der Waals surface area contributed by atoms with Gasteiger partial charge in [-0.1, -0.05) is 20.8 Å². The largest absolute Gasteiger partial charge is 0.367 e. The van der Waals surface area contributed by atoms with Crippen LogP contribution in [0.2, 0.25) is 0 Å². The van der Waals surface area contributed by atoms with E-state index in [1.807, 2.05) is 20.8 Å². The highest BCUT2D eigenvalue weighted by molar-refractivity contribution is 5.88. The minimum Gasteiger partial charge on any atom is -0.367 e. The highest BCUT2D eigenvalue weighted by atomic mass is 19.1. The maximum absolute atomic E-state index is 13.6. The molecule has 1 aliphatic rings. The van der Waals surface area contributed by atoms with Gasteiger partial charge < -0.3 is 10.5 Å². The Labute approximate surface area is 82.8 Å². The fraction of sp³-hybridized carbons (Fsp3) is 0.800. The Morgan fingerprint density at radius 2 is 2.14 bits per heavy atom. The highest BCUT2D eigenvalue weighted by Crippen LogP contribution is 2.55. The second-order valence-electron chi connectivity index (χ2n) is 5.07. The molecule has 4 heteroatoms. The van der Waals surface area contributed by atoms with Crippen LogP contribution in [0.25, 0.3) is 0 Å². The number of halogens is 1. The molecule has 1 amide bonds. The average molecular weight is 201 g/mol. The van der Waals surface area contributed by atoms with E-state index in [1.54, 1.807) is 0 Å². The van der Waals surface area contributed by atoms with E-state index in [0.29, 0.717) is 0 Å². The molecule has 14 heavy (non-hydrogen) atoms. The zero-order valence-electron chi connectivity index (χ0n) is 8.71. The van der Waals surface area contributed by atoms with E-state index < -0.39 is 23.4 Å². The van der Waals surface area contributed by atoms with Crippen LogP contribution >= 0.6 is 0 Å². The van der Waals surface area contributed by atoms with Crippen molar-refractivity contribution in [2.45, 2.75) is 32.9 Å². The van der Waals surface area contributed by atoms with Crippen molar-refractivity contribution in [2.24, 2.45) is 23.0 Å². The summed E-state index contributed by atoms with van der Waals surface area (Å²) in [6.07, 6.45) is 0.817. The number of amides is 1. The van der Waals surface area contributed by atoms with Gasteiger partial charge in [0.25, 0.3) is 5.91 Å². The Morgan fingerprint density at radius 1 is 1.64 bits per heavy atom. The van der Waals surface area contributed by atoms with E-state index in [9.17, 15) is 14.0 Å². The summed E-state index contributed by atoms with van der Waals surface area (Å²) in [7, 11) is 0. The number of hydrogen-bond acceptors (Lipinski definition) is 2. The Balaban J connectivity index is 2.78. The van der Waals surface area contributed by atoms with Gasteiger partial charge in [-0.15, -0.1) is 0 Å². The maximum atomic E-state index is 13.6. The molecule has 0 aromatic carbocycles. The molecular formula is C10H16FNO2. The second kappa shape index (κ2) is 3.04. The Kier molecular flexibility index (Phi) is 2.42. The van der Waals surface area contributed by atoms with Gasteiger partial charge >= 0.3 is 0 Å². The van der Waals surface area contributed by atoms with E-state index in [4.69, 9.17) is 5.73 Å². The Hall–Kier alpha value is -0.930. The molecule has 0 spiro atoms. The molecule has 3 nitrogen and oxygen atoms in total. The summed E-state index contributed by atoms with van der Waals surface area (Å²) in [5.74, 6) is -1.92. The van der Waals surface area contributed by atoms with E-state index in [1.165, 1.54) is 0 Å². The van der Waals surface area contributed by atoms with E-state index >= 15 is 0 Å². The van der Waals surface area contributed by atoms with Crippen molar-refractivity contribution in [1.29, 1.82) is 0 Å². The van der Waals surface area contributed by atoms with Gasteiger partial charge in [0, 0.05) is 11.8 Å². The van der Waals surface area contributed by atoms with E-state index in [2.05, 4.69) is 0 Å². The molecule has 3 unspecified atom stereocenters. The molecular weight excluding hydrogens is 185 g/mol. The Morgan fingerprint density at radius 3 is 2.36 bits per heavy atom. The number of alkyl halides is 1. The first-order chi connectivity index (χ1) is 6.23. The quantitative estimate of drug-likeness (QED) is 0.694. The van der Waals surface area contributed by atoms with E-state index in [-0.39, 0.29) is 11.8 Å². The molecule has 0 aromatic heterocycles. The minimum absolute atomic E-state index is 0.0863. The fourth-order valence-corrected chi connectivity index (χ4v) is 1.86. The van der Waals surface area contributed by atoms with Crippen LogP contribution < -0.4 is 5.73 Å². The zero-order valence-corrected chi connectivity index (χ0v) is 8.71. The van der Waals surface area contributed by atoms with Crippen molar-refractivity contribution in [2.75, 3.05) is 0 Å². The normalized spacial score (nSPS) is 33.6. The number of primary amides is 1. The van der Waals surface area contributed by atoms with Gasteiger partial charge in [0.15, 0.2) is 5.67 Å². The predicted molar refractivity (Wildman–Crippen MR) is 50.1 cm³/mol. The average Bonchev–Trinajstić information content (AvgIpc) is 2.62. The number of carbonyl (C=O) groups excluding carboxylic acids is 2. The smallest absolute Gasteiger partial charge is 0.255 e. The van der Waals surface area contributed by atoms with Crippen molar-refractivity contribution in [3.63, 3.8) is 0 Å². The molecule has 3 atom stereocenters. The third-order valence-corrected chi connectivity index (χ3v) is 2.93. The van der Waals surface area contributed by atoms with Crippen LogP contribution in [-0.4, -0.2) is 17.9 Å². The molecule has 1 rings (SSSR count). The lowest BCUT2D eigenvalue weighted by Crippen LogP contribution is -2.34. The first-order valence-corrected chi connectivity index (χ1v) is 4.67. The molecule has 0 bridgehead atoms. The van der Waals surface area contributed by atoms with Gasteiger partial charge in [0.1, 0.15) is 6.29 Å². The lowest BCUT2D eigenvalue weighted by Gasteiger charge is -2.26. The van der Waals surface area contributed by atoms with Gasteiger partial charge in [-0.05, 0) is 11.8 Å². The predicted octanol–water partition coefficient (Wildman–Crippen LogP) is 1.06. The summed E-state index contributed by atoms with van der Waals surface area (Å²) in [5, 5.41) is 0. The molecule has 0 aliphatic heterocycles. The molecule has 0 heterocycles. The van der Waals surface area contributed by atoms with E-state index in [0.717, 1.165) is 6.29 Å². The highest BCUT2D eigenvalue weighted by Gasteiger charge is 2.64. The standard InChI is InChI=1S/C10H16FNO2/c1-9(2,3)7(5-13)6-4-10(6,11)8(12)14/h5-7H,4H2,1-3H3,(H2,12,14). The lowest BCUT2D eigenvalue weighted by molar-refractivity contribution is -0.125. The van der Waals surface area contributed by atoms with Crippen LogP contribution in [0.4, 0.5) is 4.39 Å². The third kappa shape index (κ3) is 1.65. The van der Waals surface area contributed by atoms with Crippen LogP contribution in [0.3, 0.4) is 0 Å².